The molecule has 0 radical (unpaired) electrons. The molecule has 2 aromatic carbocycles. The van der Waals surface area contributed by atoms with Crippen LogP contribution in [0.4, 0.5) is 4.39 Å². The average Bonchev–Trinajstić information content (AvgIpc) is 2.42. The fourth-order valence-corrected chi connectivity index (χ4v) is 1.89. The molecule has 0 aliphatic heterocycles. The topological polar surface area (TPSA) is 38.7 Å². The molecule has 19 heavy (non-hydrogen) atoms. The summed E-state index contributed by atoms with van der Waals surface area (Å²) in [6.45, 7) is 0. The largest absolute Gasteiger partial charge is 0.507 e. The number of aromatic hydroxyl groups is 1. The quantitative estimate of drug-likeness (QED) is 0.929. The zero-order chi connectivity index (χ0) is 14.0. The first kappa shape index (κ1) is 13.5. The van der Waals surface area contributed by atoms with E-state index in [0.717, 1.165) is 6.07 Å². The van der Waals surface area contributed by atoms with Gasteiger partial charge in [-0.15, -0.1) is 0 Å². The highest BCUT2D eigenvalue weighted by molar-refractivity contribution is 6.31. The predicted molar refractivity (Wildman–Crippen MR) is 71.6 cm³/mol. The van der Waals surface area contributed by atoms with Crippen molar-refractivity contribution < 1.29 is 19.0 Å². The van der Waals surface area contributed by atoms with Gasteiger partial charge in [-0.2, -0.15) is 0 Å². The minimum absolute atomic E-state index is 0.0606. The highest BCUT2D eigenvalue weighted by Gasteiger charge is 2.12. The lowest BCUT2D eigenvalue weighted by Crippen LogP contribution is -1.90. The van der Waals surface area contributed by atoms with Gasteiger partial charge < -0.3 is 14.6 Å². The normalized spacial score (nSPS) is 10.3. The first-order chi connectivity index (χ1) is 9.05. The molecule has 0 saturated carbocycles. The molecule has 0 bridgehead atoms. The maximum atomic E-state index is 13.2. The number of benzene rings is 2. The van der Waals surface area contributed by atoms with Crippen LogP contribution in [-0.4, -0.2) is 19.3 Å². The molecule has 0 fully saturated rings. The SMILES string of the molecule is COc1cc(OC)cc(-c2cc(Cl)c(F)cc2O)c1. The fourth-order valence-electron chi connectivity index (χ4n) is 1.73. The third-order valence-corrected chi connectivity index (χ3v) is 2.99. The maximum Gasteiger partial charge on any atom is 0.145 e. The van der Waals surface area contributed by atoms with Gasteiger partial charge in [-0.05, 0) is 23.8 Å². The van der Waals surface area contributed by atoms with Crippen LogP contribution in [0, 0.1) is 5.82 Å². The summed E-state index contributed by atoms with van der Waals surface area (Å²) in [5.41, 5.74) is 1.03. The zero-order valence-electron chi connectivity index (χ0n) is 10.4. The van der Waals surface area contributed by atoms with Crippen LogP contribution in [0.25, 0.3) is 11.1 Å². The Morgan fingerprint density at radius 3 is 2.11 bits per heavy atom. The second-order valence-corrected chi connectivity index (χ2v) is 4.29. The van der Waals surface area contributed by atoms with E-state index in [1.165, 1.54) is 20.3 Å². The summed E-state index contributed by atoms with van der Waals surface area (Å²) in [5.74, 6) is 0.262. The molecule has 0 atom stereocenters. The minimum atomic E-state index is -0.669. The van der Waals surface area contributed by atoms with Crippen LogP contribution < -0.4 is 9.47 Å². The van der Waals surface area contributed by atoms with Gasteiger partial charge in [0, 0.05) is 17.7 Å². The van der Waals surface area contributed by atoms with E-state index in [1.54, 1.807) is 18.2 Å². The van der Waals surface area contributed by atoms with Crippen LogP contribution >= 0.6 is 11.6 Å². The number of hydrogen-bond donors (Lipinski definition) is 1. The zero-order valence-corrected chi connectivity index (χ0v) is 11.2. The molecule has 2 rings (SSSR count). The highest BCUT2D eigenvalue weighted by atomic mass is 35.5. The summed E-state index contributed by atoms with van der Waals surface area (Å²) in [6.07, 6.45) is 0. The van der Waals surface area contributed by atoms with E-state index < -0.39 is 5.82 Å². The number of rotatable bonds is 3. The molecule has 5 heteroatoms. The molecular formula is C14H12ClFO3. The lowest BCUT2D eigenvalue weighted by atomic mass is 10.0. The van der Waals surface area contributed by atoms with Crippen LogP contribution in [0.15, 0.2) is 30.3 Å². The van der Waals surface area contributed by atoms with Crippen LogP contribution in [0.1, 0.15) is 0 Å². The van der Waals surface area contributed by atoms with Crippen LogP contribution in [0.2, 0.25) is 5.02 Å². The van der Waals surface area contributed by atoms with Gasteiger partial charge >= 0.3 is 0 Å². The Labute approximate surface area is 115 Å². The Morgan fingerprint density at radius 1 is 1.00 bits per heavy atom. The van der Waals surface area contributed by atoms with Crippen molar-refractivity contribution in [3.63, 3.8) is 0 Å². The molecule has 0 heterocycles. The first-order valence-corrected chi connectivity index (χ1v) is 5.84. The highest BCUT2D eigenvalue weighted by Crippen LogP contribution is 2.37. The van der Waals surface area contributed by atoms with Crippen molar-refractivity contribution in [2.75, 3.05) is 14.2 Å². The van der Waals surface area contributed by atoms with Crippen molar-refractivity contribution in [3.05, 3.63) is 41.2 Å². The van der Waals surface area contributed by atoms with Crippen molar-refractivity contribution >= 4 is 11.6 Å². The van der Waals surface area contributed by atoms with E-state index in [9.17, 15) is 9.50 Å². The van der Waals surface area contributed by atoms with Gasteiger partial charge in [0.15, 0.2) is 0 Å². The van der Waals surface area contributed by atoms with Gasteiger partial charge in [0.05, 0.1) is 19.2 Å². The standard InChI is InChI=1S/C14H12ClFO3/c1-18-9-3-8(4-10(5-9)19-2)11-6-12(15)13(16)7-14(11)17/h3-7,17H,1-2H3. The number of methoxy groups -OCH3 is 2. The molecule has 3 nitrogen and oxygen atoms in total. The smallest absolute Gasteiger partial charge is 0.145 e. The second kappa shape index (κ2) is 5.36. The molecule has 0 saturated heterocycles. The molecule has 0 aliphatic rings. The summed E-state index contributed by atoms with van der Waals surface area (Å²) in [5, 5.41) is 9.76. The van der Waals surface area contributed by atoms with E-state index >= 15 is 0 Å². The Bertz CT molecular complexity index is 592. The van der Waals surface area contributed by atoms with E-state index in [-0.39, 0.29) is 10.8 Å². The molecule has 0 amide bonds. The number of phenolic OH excluding ortho intramolecular Hbond substituents is 1. The van der Waals surface area contributed by atoms with Gasteiger partial charge in [0.1, 0.15) is 23.1 Å². The summed E-state index contributed by atoms with van der Waals surface area (Å²) in [7, 11) is 3.05. The van der Waals surface area contributed by atoms with Crippen molar-refractivity contribution in [2.24, 2.45) is 0 Å². The lowest BCUT2D eigenvalue weighted by molar-refractivity contribution is 0.394. The molecule has 0 spiro atoms. The lowest BCUT2D eigenvalue weighted by Gasteiger charge is -2.10. The summed E-state index contributed by atoms with van der Waals surface area (Å²) in [4.78, 5) is 0. The van der Waals surface area contributed by atoms with Crippen molar-refractivity contribution in [3.8, 4) is 28.4 Å². The third-order valence-electron chi connectivity index (χ3n) is 2.70. The Morgan fingerprint density at radius 2 is 1.58 bits per heavy atom. The molecule has 0 aliphatic carbocycles. The van der Waals surface area contributed by atoms with E-state index in [4.69, 9.17) is 21.1 Å². The van der Waals surface area contributed by atoms with Crippen LogP contribution in [0.5, 0.6) is 17.2 Å². The number of hydrogen-bond acceptors (Lipinski definition) is 3. The maximum absolute atomic E-state index is 13.2. The molecule has 100 valence electrons. The van der Waals surface area contributed by atoms with Crippen LogP contribution in [-0.2, 0) is 0 Å². The van der Waals surface area contributed by atoms with Crippen molar-refractivity contribution in [1.82, 2.24) is 0 Å². The molecular weight excluding hydrogens is 271 g/mol. The van der Waals surface area contributed by atoms with E-state index in [0.29, 0.717) is 22.6 Å². The number of ether oxygens (including phenoxy) is 2. The predicted octanol–water partition coefficient (Wildman–Crippen LogP) is 3.87. The average molecular weight is 283 g/mol. The van der Waals surface area contributed by atoms with Gasteiger partial charge in [0.25, 0.3) is 0 Å². The molecule has 2 aromatic rings. The van der Waals surface area contributed by atoms with Gasteiger partial charge in [-0.3, -0.25) is 0 Å². The molecule has 0 aromatic heterocycles. The fraction of sp³-hybridized carbons (Fsp3) is 0.143. The van der Waals surface area contributed by atoms with Crippen molar-refractivity contribution in [1.29, 1.82) is 0 Å². The second-order valence-electron chi connectivity index (χ2n) is 3.88. The van der Waals surface area contributed by atoms with Gasteiger partial charge in [-0.1, -0.05) is 11.6 Å². The summed E-state index contributed by atoms with van der Waals surface area (Å²) < 4.78 is 23.5. The van der Waals surface area contributed by atoms with E-state index in [2.05, 4.69) is 0 Å². The first-order valence-electron chi connectivity index (χ1n) is 5.46. The number of phenols is 1. The van der Waals surface area contributed by atoms with Crippen LogP contribution in [0.3, 0.4) is 0 Å². The summed E-state index contributed by atoms with van der Waals surface area (Å²) in [6, 6.07) is 7.44. The van der Waals surface area contributed by atoms with E-state index in [1.807, 2.05) is 0 Å². The van der Waals surface area contributed by atoms with Gasteiger partial charge in [-0.25, -0.2) is 4.39 Å². The van der Waals surface area contributed by atoms with Crippen molar-refractivity contribution in [2.45, 2.75) is 0 Å². The Balaban J connectivity index is 2.61. The summed E-state index contributed by atoms with van der Waals surface area (Å²) >= 11 is 5.73. The minimum Gasteiger partial charge on any atom is -0.507 e. The molecule has 0 unspecified atom stereocenters. The number of halogens is 2. The third kappa shape index (κ3) is 2.74. The molecule has 1 N–H and O–H groups in total. The van der Waals surface area contributed by atoms with Gasteiger partial charge in [0.2, 0.25) is 0 Å². The Kier molecular flexibility index (Phi) is 3.81. The Hall–Kier alpha value is -1.94. The monoisotopic (exact) mass is 282 g/mol.